The smallest absolute Gasteiger partial charge is 0.385 e. The molecule has 2 aromatic rings. The molecule has 0 aliphatic rings. The highest BCUT2D eigenvalue weighted by molar-refractivity contribution is 5.38. The van der Waals surface area contributed by atoms with E-state index in [-0.39, 0.29) is 6.04 Å². The number of nitrogens with zero attached hydrogens (tertiary/aromatic N) is 3. The van der Waals surface area contributed by atoms with Gasteiger partial charge in [0.2, 0.25) is 5.62 Å². The highest BCUT2D eigenvalue weighted by Gasteiger charge is 2.30. The van der Waals surface area contributed by atoms with Crippen LogP contribution in [-0.4, -0.2) is 29.4 Å². The maximum absolute atomic E-state index is 13.1. The zero-order chi connectivity index (χ0) is 18.6. The zero-order valence-corrected chi connectivity index (χ0v) is 15.0. The summed E-state index contributed by atoms with van der Waals surface area (Å²) in [5.41, 5.74) is 1.26. The lowest BCUT2D eigenvalue weighted by Gasteiger charge is -2.12. The number of ether oxygens (including phenoxy) is 1. The van der Waals surface area contributed by atoms with Gasteiger partial charge in [-0.3, -0.25) is 9.56 Å². The van der Waals surface area contributed by atoms with Crippen LogP contribution in [0.5, 0.6) is 0 Å². The third-order valence-electron chi connectivity index (χ3n) is 3.86. The first-order chi connectivity index (χ1) is 11.8. The Morgan fingerprint density at radius 3 is 2.56 bits per heavy atom. The van der Waals surface area contributed by atoms with Gasteiger partial charge >= 0.3 is 6.18 Å². The van der Waals surface area contributed by atoms with Gasteiger partial charge < -0.3 is 9.30 Å². The monoisotopic (exact) mass is 355 g/mol. The highest BCUT2D eigenvalue weighted by Crippen LogP contribution is 2.30. The van der Waals surface area contributed by atoms with Crippen molar-refractivity contribution in [1.29, 1.82) is 0 Å². The second kappa shape index (κ2) is 7.91. The Balaban J connectivity index is 2.57. The summed E-state index contributed by atoms with van der Waals surface area (Å²) in [6, 6.07) is 5.47. The van der Waals surface area contributed by atoms with E-state index >= 15 is 0 Å². The molecule has 0 radical (unpaired) electrons. The number of methoxy groups -OCH3 is 1. The number of aryl methyl sites for hydroxylation is 1. The van der Waals surface area contributed by atoms with Gasteiger partial charge in [0, 0.05) is 43.9 Å². The Morgan fingerprint density at radius 1 is 1.24 bits per heavy atom. The third-order valence-corrected chi connectivity index (χ3v) is 3.86. The zero-order valence-electron chi connectivity index (χ0n) is 15.0. The van der Waals surface area contributed by atoms with E-state index in [0.717, 1.165) is 24.2 Å². The maximum atomic E-state index is 13.1. The molecule has 0 saturated heterocycles. The summed E-state index contributed by atoms with van der Waals surface area (Å²) in [4.78, 5) is 4.62. The second-order valence-electron chi connectivity index (χ2n) is 6.18. The number of imidazole rings is 1. The molecule has 7 heteroatoms. The first-order valence-corrected chi connectivity index (χ1v) is 8.23. The number of hydrogen-bond donors (Lipinski definition) is 0. The molecule has 1 aromatic carbocycles. The number of aromatic nitrogens is 2. The van der Waals surface area contributed by atoms with Crippen molar-refractivity contribution in [3.05, 3.63) is 47.3 Å². The fraction of sp³-hybridized carbons (Fsp3) is 0.500. The second-order valence-corrected chi connectivity index (χ2v) is 6.18. The maximum Gasteiger partial charge on any atom is 0.416 e. The van der Waals surface area contributed by atoms with Gasteiger partial charge in [0.1, 0.15) is 0 Å². The van der Waals surface area contributed by atoms with E-state index in [1.807, 2.05) is 31.5 Å². The van der Waals surface area contributed by atoms with Crippen molar-refractivity contribution in [3.63, 3.8) is 0 Å². The first kappa shape index (κ1) is 19.3. The summed E-state index contributed by atoms with van der Waals surface area (Å²) < 4.78 is 47.9. The normalized spacial score (nSPS) is 13.0. The minimum absolute atomic E-state index is 0.145. The summed E-state index contributed by atoms with van der Waals surface area (Å²) in [6.07, 6.45) is -1.71. The van der Waals surface area contributed by atoms with Crippen LogP contribution in [0.3, 0.4) is 0 Å². The van der Waals surface area contributed by atoms with Crippen LogP contribution in [0.4, 0.5) is 13.2 Å². The van der Waals surface area contributed by atoms with Gasteiger partial charge in [0.15, 0.2) is 0 Å². The third kappa shape index (κ3) is 4.54. The van der Waals surface area contributed by atoms with E-state index in [0.29, 0.717) is 24.5 Å². The van der Waals surface area contributed by atoms with Crippen LogP contribution in [-0.2, 0) is 10.9 Å². The Bertz CT molecular complexity index is 773. The molecule has 4 nitrogen and oxygen atoms in total. The van der Waals surface area contributed by atoms with Gasteiger partial charge in [-0.1, -0.05) is 6.07 Å². The standard InChI is InChI=1S/C18H24F3N3O/c1-13(2)23-12-14(3)24(17(23)22-9-6-10-25-4)16-8-5-7-15(11-16)18(19,20)21/h5,7-8,11-13H,6,9-10H2,1-4H3. The Kier molecular flexibility index (Phi) is 6.11. The summed E-state index contributed by atoms with van der Waals surface area (Å²) >= 11 is 0. The molecular formula is C18H24F3N3O. The number of benzene rings is 1. The number of rotatable bonds is 6. The molecule has 0 amide bonds. The van der Waals surface area contributed by atoms with Crippen molar-refractivity contribution in [2.75, 3.05) is 20.3 Å². The van der Waals surface area contributed by atoms with Crippen LogP contribution in [0.1, 0.15) is 37.6 Å². The van der Waals surface area contributed by atoms with Crippen molar-refractivity contribution in [2.45, 2.75) is 39.4 Å². The fourth-order valence-corrected chi connectivity index (χ4v) is 2.65. The molecule has 0 N–H and O–H groups in total. The molecule has 1 heterocycles. The van der Waals surface area contributed by atoms with Gasteiger partial charge in [-0.2, -0.15) is 13.2 Å². The number of hydrogen-bond acceptors (Lipinski definition) is 2. The van der Waals surface area contributed by atoms with Crippen LogP contribution in [0, 0.1) is 6.92 Å². The van der Waals surface area contributed by atoms with E-state index in [1.54, 1.807) is 17.7 Å². The van der Waals surface area contributed by atoms with Gasteiger partial charge in [0.25, 0.3) is 0 Å². The fourth-order valence-electron chi connectivity index (χ4n) is 2.65. The molecule has 0 atom stereocenters. The lowest BCUT2D eigenvalue weighted by Crippen LogP contribution is -2.27. The van der Waals surface area contributed by atoms with Crippen molar-refractivity contribution in [3.8, 4) is 5.69 Å². The van der Waals surface area contributed by atoms with E-state index in [2.05, 4.69) is 4.99 Å². The average Bonchev–Trinajstić information content (AvgIpc) is 2.87. The van der Waals surface area contributed by atoms with Gasteiger partial charge in [-0.25, -0.2) is 0 Å². The van der Waals surface area contributed by atoms with Crippen LogP contribution in [0.15, 0.2) is 35.5 Å². The Hall–Kier alpha value is -2.02. The van der Waals surface area contributed by atoms with Crippen molar-refractivity contribution >= 4 is 0 Å². The van der Waals surface area contributed by atoms with Gasteiger partial charge in [-0.15, -0.1) is 0 Å². The lowest BCUT2D eigenvalue weighted by molar-refractivity contribution is -0.137. The van der Waals surface area contributed by atoms with Crippen molar-refractivity contribution in [1.82, 2.24) is 9.13 Å². The molecule has 0 fully saturated rings. The Labute approximate surface area is 145 Å². The average molecular weight is 355 g/mol. The molecular weight excluding hydrogens is 331 g/mol. The predicted octanol–water partition coefficient (Wildman–Crippen LogP) is 4.12. The minimum Gasteiger partial charge on any atom is -0.385 e. The first-order valence-electron chi connectivity index (χ1n) is 8.23. The lowest BCUT2D eigenvalue weighted by atomic mass is 10.2. The summed E-state index contributed by atoms with van der Waals surface area (Å²) in [5, 5.41) is 0. The molecule has 0 unspecified atom stereocenters. The van der Waals surface area contributed by atoms with Crippen LogP contribution in [0.2, 0.25) is 0 Å². The minimum atomic E-state index is -4.37. The number of alkyl halides is 3. The van der Waals surface area contributed by atoms with Crippen LogP contribution >= 0.6 is 0 Å². The SMILES string of the molecule is COCCCN=c1n(C(C)C)cc(C)n1-c1cccc(C(F)(F)F)c1. The molecule has 1 aromatic heterocycles. The molecule has 0 aliphatic heterocycles. The largest absolute Gasteiger partial charge is 0.416 e. The summed E-state index contributed by atoms with van der Waals surface area (Å²) in [5.74, 6) is 0. The van der Waals surface area contributed by atoms with E-state index in [4.69, 9.17) is 4.74 Å². The van der Waals surface area contributed by atoms with Crippen LogP contribution in [0.25, 0.3) is 5.69 Å². The number of halogens is 3. The van der Waals surface area contributed by atoms with Crippen molar-refractivity contribution < 1.29 is 17.9 Å². The van der Waals surface area contributed by atoms with Gasteiger partial charge in [-0.05, 0) is 45.4 Å². The summed E-state index contributed by atoms with van der Waals surface area (Å²) in [6.45, 7) is 7.04. The molecule has 0 saturated carbocycles. The predicted molar refractivity (Wildman–Crippen MR) is 90.8 cm³/mol. The summed E-state index contributed by atoms with van der Waals surface area (Å²) in [7, 11) is 1.63. The Morgan fingerprint density at radius 2 is 1.96 bits per heavy atom. The molecule has 0 spiro atoms. The molecule has 25 heavy (non-hydrogen) atoms. The highest BCUT2D eigenvalue weighted by atomic mass is 19.4. The van der Waals surface area contributed by atoms with E-state index in [1.165, 1.54) is 6.07 Å². The molecule has 0 aliphatic carbocycles. The van der Waals surface area contributed by atoms with E-state index < -0.39 is 11.7 Å². The molecule has 0 bridgehead atoms. The van der Waals surface area contributed by atoms with Crippen LogP contribution < -0.4 is 5.62 Å². The quantitative estimate of drug-likeness (QED) is 0.717. The molecule has 138 valence electrons. The molecule has 2 rings (SSSR count). The van der Waals surface area contributed by atoms with Gasteiger partial charge in [0.05, 0.1) is 5.56 Å². The van der Waals surface area contributed by atoms with Crippen molar-refractivity contribution in [2.24, 2.45) is 4.99 Å². The van der Waals surface area contributed by atoms with E-state index in [9.17, 15) is 13.2 Å². The topological polar surface area (TPSA) is 31.4 Å².